The van der Waals surface area contributed by atoms with Crippen LogP contribution in [0.25, 0.3) is 0 Å². The number of fused-ring (bicyclic) bond motifs is 1. The number of allylic oxidation sites excluding steroid dienone is 3. The van der Waals surface area contributed by atoms with Crippen LogP contribution in [-0.4, -0.2) is 13.4 Å². The van der Waals surface area contributed by atoms with Gasteiger partial charge in [-0.15, -0.1) is 0 Å². The fourth-order valence-electron chi connectivity index (χ4n) is 1.41. The number of hydrogen-bond donors (Lipinski definition) is 0. The maximum absolute atomic E-state index is 5.54. The highest BCUT2D eigenvalue weighted by Crippen LogP contribution is 2.31. The van der Waals surface area contributed by atoms with Crippen LogP contribution in [0.5, 0.6) is 0 Å². The van der Waals surface area contributed by atoms with E-state index < -0.39 is 0 Å². The minimum absolute atomic E-state index is 0.265. The normalized spacial score (nSPS) is 23.4. The van der Waals surface area contributed by atoms with E-state index in [-0.39, 0.29) is 6.79 Å². The van der Waals surface area contributed by atoms with E-state index in [0.29, 0.717) is 29.6 Å². The van der Waals surface area contributed by atoms with Gasteiger partial charge < -0.3 is 18.9 Å². The summed E-state index contributed by atoms with van der Waals surface area (Å²) in [5.41, 5.74) is 0. The average molecular weight is 192 g/mol. The maximum atomic E-state index is 5.54. The lowest BCUT2D eigenvalue weighted by atomic mass is 10.2. The molecule has 14 heavy (non-hydrogen) atoms. The van der Waals surface area contributed by atoms with E-state index in [1.807, 2.05) is 12.2 Å². The molecule has 0 N–H and O–H groups in total. The zero-order valence-corrected chi connectivity index (χ0v) is 7.36. The SMILES string of the molecule is C1=COC2=CC3=C(COCO3)OC2=C1. The molecule has 3 aliphatic rings. The predicted octanol–water partition coefficient (Wildman–Crippen LogP) is 1.54. The lowest BCUT2D eigenvalue weighted by molar-refractivity contribution is -0.0548. The van der Waals surface area contributed by atoms with Gasteiger partial charge >= 0.3 is 0 Å². The predicted molar refractivity (Wildman–Crippen MR) is 46.4 cm³/mol. The second-order valence-electron chi connectivity index (χ2n) is 2.99. The van der Waals surface area contributed by atoms with Crippen molar-refractivity contribution in [2.45, 2.75) is 0 Å². The van der Waals surface area contributed by atoms with E-state index >= 15 is 0 Å². The summed E-state index contributed by atoms with van der Waals surface area (Å²) in [5, 5.41) is 0. The van der Waals surface area contributed by atoms with Crippen molar-refractivity contribution in [1.82, 2.24) is 0 Å². The minimum atomic E-state index is 0.265. The molecule has 0 aliphatic carbocycles. The Hall–Kier alpha value is -1.68. The largest absolute Gasteiger partial charge is 0.464 e. The van der Waals surface area contributed by atoms with Gasteiger partial charge in [0.25, 0.3) is 0 Å². The molecule has 0 fully saturated rings. The molecule has 4 heteroatoms. The summed E-state index contributed by atoms with van der Waals surface area (Å²) in [6.45, 7) is 0.709. The monoisotopic (exact) mass is 192 g/mol. The van der Waals surface area contributed by atoms with E-state index in [2.05, 4.69) is 0 Å². The number of ether oxygens (including phenoxy) is 4. The highest BCUT2D eigenvalue weighted by molar-refractivity contribution is 5.38. The fraction of sp³-hybridized carbons (Fsp3) is 0.200. The molecular weight excluding hydrogens is 184 g/mol. The third-order valence-electron chi connectivity index (χ3n) is 2.07. The van der Waals surface area contributed by atoms with Crippen molar-refractivity contribution >= 4 is 0 Å². The Balaban J connectivity index is 1.99. The Labute approximate surface area is 80.7 Å². The summed E-state index contributed by atoms with van der Waals surface area (Å²) in [6.07, 6.45) is 7.04. The maximum Gasteiger partial charge on any atom is 0.189 e. The molecule has 0 aromatic rings. The van der Waals surface area contributed by atoms with Gasteiger partial charge in [-0.05, 0) is 12.2 Å². The zero-order chi connectivity index (χ0) is 9.38. The lowest BCUT2D eigenvalue weighted by Crippen LogP contribution is -2.19. The molecular formula is C10H8O4. The van der Waals surface area contributed by atoms with Crippen LogP contribution in [-0.2, 0) is 18.9 Å². The highest BCUT2D eigenvalue weighted by Gasteiger charge is 2.25. The summed E-state index contributed by atoms with van der Waals surface area (Å²) >= 11 is 0. The Bertz CT molecular complexity index is 387. The van der Waals surface area contributed by atoms with Gasteiger partial charge in [0.05, 0.1) is 6.26 Å². The first-order valence-electron chi connectivity index (χ1n) is 4.30. The van der Waals surface area contributed by atoms with Crippen LogP contribution in [0, 0.1) is 0 Å². The molecule has 0 saturated heterocycles. The van der Waals surface area contributed by atoms with Gasteiger partial charge in [0.2, 0.25) is 0 Å². The first kappa shape index (κ1) is 7.70. The molecule has 4 nitrogen and oxygen atoms in total. The third-order valence-corrected chi connectivity index (χ3v) is 2.07. The van der Waals surface area contributed by atoms with Gasteiger partial charge in [-0.2, -0.15) is 0 Å². The molecule has 0 spiro atoms. The molecule has 72 valence electrons. The van der Waals surface area contributed by atoms with Gasteiger partial charge in [-0.25, -0.2) is 0 Å². The van der Waals surface area contributed by atoms with Crippen LogP contribution in [0.1, 0.15) is 0 Å². The van der Waals surface area contributed by atoms with Gasteiger partial charge in [0, 0.05) is 6.08 Å². The van der Waals surface area contributed by atoms with Gasteiger partial charge in [0.1, 0.15) is 6.61 Å². The van der Waals surface area contributed by atoms with Crippen LogP contribution in [0.4, 0.5) is 0 Å². The van der Waals surface area contributed by atoms with Crippen LogP contribution in [0.3, 0.4) is 0 Å². The first-order chi connectivity index (χ1) is 6.93. The lowest BCUT2D eigenvalue weighted by Gasteiger charge is -2.26. The van der Waals surface area contributed by atoms with Crippen molar-refractivity contribution in [3.05, 3.63) is 47.5 Å². The molecule has 0 amide bonds. The average Bonchev–Trinajstić information content (AvgIpc) is 2.26. The van der Waals surface area contributed by atoms with Crippen molar-refractivity contribution in [2.24, 2.45) is 0 Å². The van der Waals surface area contributed by atoms with Crippen LogP contribution >= 0.6 is 0 Å². The first-order valence-corrected chi connectivity index (χ1v) is 4.30. The third kappa shape index (κ3) is 1.12. The molecule has 3 aliphatic heterocycles. The molecule has 0 radical (unpaired) electrons. The van der Waals surface area contributed by atoms with Crippen LogP contribution in [0.2, 0.25) is 0 Å². The Morgan fingerprint density at radius 3 is 3.21 bits per heavy atom. The second kappa shape index (κ2) is 2.92. The van der Waals surface area contributed by atoms with E-state index in [0.717, 1.165) is 0 Å². The molecule has 0 aromatic carbocycles. The summed E-state index contributed by atoms with van der Waals surface area (Å²) in [4.78, 5) is 0. The van der Waals surface area contributed by atoms with Crippen molar-refractivity contribution in [2.75, 3.05) is 13.4 Å². The molecule has 0 bridgehead atoms. The van der Waals surface area contributed by atoms with Crippen molar-refractivity contribution in [1.29, 1.82) is 0 Å². The van der Waals surface area contributed by atoms with Crippen molar-refractivity contribution in [3.8, 4) is 0 Å². The van der Waals surface area contributed by atoms with Crippen LogP contribution in [0.15, 0.2) is 47.5 Å². The number of rotatable bonds is 0. The Kier molecular flexibility index (Phi) is 1.61. The fourth-order valence-corrected chi connectivity index (χ4v) is 1.41. The summed E-state index contributed by atoms with van der Waals surface area (Å²) in [5.74, 6) is 2.76. The van der Waals surface area contributed by atoms with Crippen molar-refractivity contribution in [3.63, 3.8) is 0 Å². The molecule has 0 atom stereocenters. The molecule has 0 unspecified atom stereocenters. The highest BCUT2D eigenvalue weighted by atomic mass is 16.7. The molecule has 3 heterocycles. The van der Waals surface area contributed by atoms with E-state index in [1.165, 1.54) is 0 Å². The smallest absolute Gasteiger partial charge is 0.189 e. The van der Waals surface area contributed by atoms with Gasteiger partial charge in [0.15, 0.2) is 29.8 Å². The summed E-state index contributed by atoms with van der Waals surface area (Å²) < 4.78 is 21.2. The Morgan fingerprint density at radius 2 is 2.21 bits per heavy atom. The topological polar surface area (TPSA) is 36.9 Å². The second-order valence-corrected chi connectivity index (χ2v) is 2.99. The summed E-state index contributed by atoms with van der Waals surface area (Å²) in [7, 11) is 0. The van der Waals surface area contributed by atoms with Gasteiger partial charge in [-0.3, -0.25) is 0 Å². The van der Waals surface area contributed by atoms with Gasteiger partial charge in [-0.1, -0.05) is 0 Å². The van der Waals surface area contributed by atoms with Crippen molar-refractivity contribution < 1.29 is 18.9 Å². The molecule has 0 saturated carbocycles. The van der Waals surface area contributed by atoms with E-state index in [1.54, 1.807) is 12.3 Å². The van der Waals surface area contributed by atoms with E-state index in [4.69, 9.17) is 18.9 Å². The minimum Gasteiger partial charge on any atom is -0.464 e. The zero-order valence-electron chi connectivity index (χ0n) is 7.36. The number of hydrogen-bond acceptors (Lipinski definition) is 4. The van der Waals surface area contributed by atoms with E-state index in [9.17, 15) is 0 Å². The quantitative estimate of drug-likeness (QED) is 0.583. The summed E-state index contributed by atoms with van der Waals surface area (Å²) in [6, 6.07) is 0. The standard InChI is InChI=1S/C10H8O4/c1-2-7-8(12-3-1)4-9-10(14-7)5-11-6-13-9/h1-4H,5-6H2. The Morgan fingerprint density at radius 1 is 1.21 bits per heavy atom. The molecule has 3 rings (SSSR count). The van der Waals surface area contributed by atoms with Crippen LogP contribution < -0.4 is 0 Å². The molecule has 0 aromatic heterocycles.